The third kappa shape index (κ3) is 6.25. The summed E-state index contributed by atoms with van der Waals surface area (Å²) in [6.07, 6.45) is 1.22. The number of rotatable bonds is 3. The van der Waals surface area contributed by atoms with Crippen molar-refractivity contribution >= 4 is 0 Å². The second-order valence-electron chi connectivity index (χ2n) is 4.26. The molecule has 0 aromatic rings. The van der Waals surface area contributed by atoms with Gasteiger partial charge in [0.1, 0.15) is 0 Å². The molecule has 12 heavy (non-hydrogen) atoms. The molecule has 0 heterocycles. The molecule has 72 valence electrons. The lowest BCUT2D eigenvalue weighted by atomic mass is 10.1. The average Bonchev–Trinajstić information content (AvgIpc) is 1.83. The van der Waals surface area contributed by atoms with Gasteiger partial charge in [0.2, 0.25) is 5.79 Å². The van der Waals surface area contributed by atoms with Crippen molar-refractivity contribution in [2.24, 2.45) is 10.2 Å². The Balaban J connectivity index is 4.13. The highest BCUT2D eigenvalue weighted by Gasteiger charge is 2.21. The van der Waals surface area contributed by atoms with Crippen LogP contribution in [-0.2, 0) is 0 Å². The molecular weight excluding hydrogens is 155 g/mol. The van der Waals surface area contributed by atoms with Crippen LogP contribution >= 0.6 is 0 Å². The van der Waals surface area contributed by atoms with Gasteiger partial charge in [0, 0.05) is 6.42 Å². The predicted octanol–water partition coefficient (Wildman–Crippen LogP) is 3.72. The van der Waals surface area contributed by atoms with Gasteiger partial charge in [-0.15, -0.1) is 0 Å². The predicted molar refractivity (Wildman–Crippen MR) is 49.0 cm³/mol. The summed E-state index contributed by atoms with van der Waals surface area (Å²) >= 11 is 0. The fourth-order valence-corrected chi connectivity index (χ4v) is 0.761. The second-order valence-corrected chi connectivity index (χ2v) is 4.26. The van der Waals surface area contributed by atoms with Gasteiger partial charge >= 0.3 is 0 Å². The normalized spacial score (nSPS) is 18.2. The molecule has 0 saturated carbocycles. The number of nitrogens with zero attached hydrogens (tertiary/aromatic N) is 2. The Morgan fingerprint density at radius 2 is 1.58 bits per heavy atom. The van der Waals surface area contributed by atoms with Crippen LogP contribution < -0.4 is 0 Å². The molecule has 0 spiro atoms. The summed E-state index contributed by atoms with van der Waals surface area (Å²) in [4.78, 5) is 0. The van der Waals surface area contributed by atoms with Crippen LogP contribution in [-0.4, -0.2) is 11.3 Å². The zero-order valence-electron chi connectivity index (χ0n) is 8.69. The second kappa shape index (κ2) is 3.97. The minimum Gasteiger partial charge on any atom is -0.217 e. The van der Waals surface area contributed by atoms with E-state index in [2.05, 4.69) is 10.2 Å². The average molecular weight is 174 g/mol. The van der Waals surface area contributed by atoms with E-state index >= 15 is 0 Å². The lowest BCUT2D eigenvalue weighted by molar-refractivity contribution is 0.169. The van der Waals surface area contributed by atoms with Gasteiger partial charge in [-0.3, -0.25) is 0 Å². The van der Waals surface area contributed by atoms with Crippen LogP contribution in [0.1, 0.15) is 47.5 Å². The van der Waals surface area contributed by atoms with Crippen LogP contribution in [0.3, 0.4) is 0 Å². The Bertz CT molecular complexity index is 156. The number of hydrogen-bond acceptors (Lipinski definition) is 2. The topological polar surface area (TPSA) is 24.7 Å². The molecule has 1 atom stereocenters. The van der Waals surface area contributed by atoms with Crippen molar-refractivity contribution in [2.75, 3.05) is 0 Å². The maximum Gasteiger partial charge on any atom is 0.216 e. The molecule has 3 heteroatoms. The SMILES string of the molecule is CCCC(C)(F)N=NC(C)(C)C. The molecule has 0 aliphatic carbocycles. The standard InChI is InChI=1S/C9H19FN2/c1-6-7-9(5,10)12-11-8(2,3)4/h6-7H2,1-5H3. The maximum absolute atomic E-state index is 13.4. The van der Waals surface area contributed by atoms with Crippen molar-refractivity contribution in [3.05, 3.63) is 0 Å². The van der Waals surface area contributed by atoms with Gasteiger partial charge in [-0.1, -0.05) is 13.3 Å². The number of azo groups is 1. The summed E-state index contributed by atoms with van der Waals surface area (Å²) in [5.41, 5.74) is -0.277. The molecule has 0 rings (SSSR count). The van der Waals surface area contributed by atoms with Gasteiger partial charge < -0.3 is 0 Å². The molecule has 0 saturated heterocycles. The van der Waals surface area contributed by atoms with Crippen molar-refractivity contribution in [3.8, 4) is 0 Å². The van der Waals surface area contributed by atoms with Gasteiger partial charge in [-0.25, -0.2) is 4.39 Å². The first kappa shape index (κ1) is 11.5. The van der Waals surface area contributed by atoms with Crippen molar-refractivity contribution in [3.63, 3.8) is 0 Å². The molecule has 0 aliphatic heterocycles. The van der Waals surface area contributed by atoms with Crippen LogP contribution in [0.5, 0.6) is 0 Å². The van der Waals surface area contributed by atoms with Crippen LogP contribution in [0, 0.1) is 0 Å². The molecule has 0 bridgehead atoms. The van der Waals surface area contributed by atoms with Crippen molar-refractivity contribution in [1.82, 2.24) is 0 Å². The van der Waals surface area contributed by atoms with Crippen molar-refractivity contribution in [2.45, 2.75) is 58.8 Å². The fraction of sp³-hybridized carbons (Fsp3) is 1.00. The summed E-state index contributed by atoms with van der Waals surface area (Å²) in [5, 5.41) is 7.57. The third-order valence-electron chi connectivity index (χ3n) is 1.26. The van der Waals surface area contributed by atoms with E-state index in [4.69, 9.17) is 0 Å². The summed E-state index contributed by atoms with van der Waals surface area (Å²) in [5.74, 6) is -1.48. The molecule has 0 radical (unpaired) electrons. The Hall–Kier alpha value is -0.470. The van der Waals surface area contributed by atoms with E-state index in [-0.39, 0.29) is 5.54 Å². The Labute approximate surface area is 74.3 Å². The minimum atomic E-state index is -1.48. The summed E-state index contributed by atoms with van der Waals surface area (Å²) in [7, 11) is 0. The first-order valence-corrected chi connectivity index (χ1v) is 4.40. The quantitative estimate of drug-likeness (QED) is 0.460. The maximum atomic E-state index is 13.4. The smallest absolute Gasteiger partial charge is 0.216 e. The third-order valence-corrected chi connectivity index (χ3v) is 1.26. The molecule has 1 unspecified atom stereocenters. The Kier molecular flexibility index (Phi) is 3.81. The van der Waals surface area contributed by atoms with Crippen LogP contribution in [0.2, 0.25) is 0 Å². The Morgan fingerprint density at radius 3 is 1.92 bits per heavy atom. The van der Waals surface area contributed by atoms with Gasteiger partial charge in [0.05, 0.1) is 5.54 Å². The van der Waals surface area contributed by atoms with E-state index in [9.17, 15) is 4.39 Å². The molecule has 0 aromatic heterocycles. The van der Waals surface area contributed by atoms with Crippen molar-refractivity contribution < 1.29 is 4.39 Å². The van der Waals surface area contributed by atoms with Crippen LogP contribution in [0.15, 0.2) is 10.2 Å². The molecule has 2 nitrogen and oxygen atoms in total. The monoisotopic (exact) mass is 174 g/mol. The first-order valence-electron chi connectivity index (χ1n) is 4.40. The molecular formula is C9H19FN2. The lowest BCUT2D eigenvalue weighted by Gasteiger charge is -2.16. The highest BCUT2D eigenvalue weighted by atomic mass is 19.1. The lowest BCUT2D eigenvalue weighted by Crippen LogP contribution is -2.16. The highest BCUT2D eigenvalue weighted by molar-refractivity contribution is 4.72. The summed E-state index contributed by atoms with van der Waals surface area (Å²) < 4.78 is 13.4. The van der Waals surface area contributed by atoms with Gasteiger partial charge in [-0.2, -0.15) is 10.2 Å². The van der Waals surface area contributed by atoms with E-state index in [1.807, 2.05) is 27.7 Å². The van der Waals surface area contributed by atoms with Gasteiger partial charge in [0.25, 0.3) is 0 Å². The largest absolute Gasteiger partial charge is 0.217 e. The minimum absolute atomic E-state index is 0.277. The highest BCUT2D eigenvalue weighted by Crippen LogP contribution is 2.21. The fourth-order valence-electron chi connectivity index (χ4n) is 0.761. The van der Waals surface area contributed by atoms with Gasteiger partial charge in [-0.05, 0) is 27.7 Å². The first-order chi connectivity index (χ1) is 5.27. The van der Waals surface area contributed by atoms with E-state index in [0.29, 0.717) is 6.42 Å². The van der Waals surface area contributed by atoms with Crippen LogP contribution in [0.25, 0.3) is 0 Å². The zero-order chi connectivity index (χ0) is 9.83. The summed E-state index contributed by atoms with van der Waals surface area (Å²) in [6.45, 7) is 9.10. The zero-order valence-corrected chi connectivity index (χ0v) is 8.69. The van der Waals surface area contributed by atoms with E-state index in [1.54, 1.807) is 0 Å². The molecule has 0 amide bonds. The van der Waals surface area contributed by atoms with Gasteiger partial charge in [0.15, 0.2) is 0 Å². The van der Waals surface area contributed by atoms with E-state index in [0.717, 1.165) is 6.42 Å². The molecule has 0 aromatic carbocycles. The molecule has 0 fully saturated rings. The number of hydrogen-bond donors (Lipinski definition) is 0. The number of alkyl halides is 1. The van der Waals surface area contributed by atoms with Crippen molar-refractivity contribution in [1.29, 1.82) is 0 Å². The Morgan fingerprint density at radius 1 is 1.08 bits per heavy atom. The molecule has 0 aliphatic rings. The van der Waals surface area contributed by atoms with Crippen LogP contribution in [0.4, 0.5) is 4.39 Å². The summed E-state index contributed by atoms with van der Waals surface area (Å²) in [6, 6.07) is 0. The number of halogens is 1. The molecule has 0 N–H and O–H groups in total. The van der Waals surface area contributed by atoms with E-state index < -0.39 is 5.79 Å². The van der Waals surface area contributed by atoms with E-state index in [1.165, 1.54) is 6.92 Å².